The van der Waals surface area contributed by atoms with Crippen LogP contribution in [0.15, 0.2) is 53.4 Å². The maximum absolute atomic E-state index is 12.4. The minimum atomic E-state index is -3.65. The maximum Gasteiger partial charge on any atom is 0.321 e. The van der Waals surface area contributed by atoms with Gasteiger partial charge >= 0.3 is 6.03 Å². The summed E-state index contributed by atoms with van der Waals surface area (Å²) in [6, 6.07) is 12.4. The number of carbonyl (C=O) groups excluding carboxylic acids is 2. The van der Waals surface area contributed by atoms with Gasteiger partial charge in [-0.2, -0.15) is 0 Å². The molecule has 0 unspecified atom stereocenters. The Morgan fingerprint density at radius 2 is 1.83 bits per heavy atom. The monoisotopic (exact) mass is 418 g/mol. The summed E-state index contributed by atoms with van der Waals surface area (Å²) in [5.74, 6) is -0.368. The van der Waals surface area contributed by atoms with Gasteiger partial charge in [0.05, 0.1) is 11.5 Å². The van der Waals surface area contributed by atoms with Crippen LogP contribution >= 0.6 is 0 Å². The Labute approximate surface area is 169 Å². The van der Waals surface area contributed by atoms with Gasteiger partial charge in [-0.25, -0.2) is 17.9 Å². The van der Waals surface area contributed by atoms with Gasteiger partial charge in [0.25, 0.3) is 5.91 Å². The Hall–Kier alpha value is -2.95. The highest BCUT2D eigenvalue weighted by molar-refractivity contribution is 7.89. The average molecular weight is 418 g/mol. The second kappa shape index (κ2) is 9.03. The molecule has 9 nitrogen and oxygen atoms in total. The zero-order valence-electron chi connectivity index (χ0n) is 15.8. The van der Waals surface area contributed by atoms with Gasteiger partial charge in [-0.15, -0.1) is 0 Å². The molecule has 2 aromatic rings. The SMILES string of the molecule is COCCNS(=O)(=O)c1ccc(C(=O)Nc2ccc(N3CCNC3=O)cc2)cc1. The molecule has 0 saturated carbocycles. The molecule has 0 radical (unpaired) electrons. The molecule has 3 rings (SSSR count). The number of sulfonamides is 1. The molecular formula is C19H22N4O5S. The van der Waals surface area contributed by atoms with Crippen molar-refractivity contribution >= 4 is 33.3 Å². The van der Waals surface area contributed by atoms with Crippen LogP contribution < -0.4 is 20.3 Å². The molecule has 2 aromatic carbocycles. The molecule has 0 spiro atoms. The predicted molar refractivity (Wildman–Crippen MR) is 109 cm³/mol. The summed E-state index contributed by atoms with van der Waals surface area (Å²) in [6.07, 6.45) is 0. The summed E-state index contributed by atoms with van der Waals surface area (Å²) >= 11 is 0. The van der Waals surface area contributed by atoms with Crippen LogP contribution in [0.5, 0.6) is 0 Å². The smallest absolute Gasteiger partial charge is 0.321 e. The van der Waals surface area contributed by atoms with E-state index in [4.69, 9.17) is 4.74 Å². The molecule has 0 bridgehead atoms. The van der Waals surface area contributed by atoms with E-state index in [2.05, 4.69) is 15.4 Å². The molecule has 1 aliphatic heterocycles. The molecule has 29 heavy (non-hydrogen) atoms. The Bertz CT molecular complexity index is 975. The molecular weight excluding hydrogens is 396 g/mol. The number of hydrogen-bond donors (Lipinski definition) is 3. The first kappa shape index (κ1) is 20.8. The number of hydrogen-bond acceptors (Lipinski definition) is 5. The van der Waals surface area contributed by atoms with Gasteiger partial charge in [0.15, 0.2) is 0 Å². The minimum absolute atomic E-state index is 0.0680. The lowest BCUT2D eigenvalue weighted by Gasteiger charge is -2.14. The van der Waals surface area contributed by atoms with Crippen LogP contribution in [0.4, 0.5) is 16.2 Å². The maximum atomic E-state index is 12.4. The Morgan fingerprint density at radius 3 is 2.41 bits per heavy atom. The van der Waals surface area contributed by atoms with Gasteiger partial charge in [-0.05, 0) is 48.5 Å². The van der Waals surface area contributed by atoms with Crippen molar-refractivity contribution in [2.45, 2.75) is 4.90 Å². The van der Waals surface area contributed by atoms with Gasteiger partial charge in [-0.1, -0.05) is 0 Å². The van der Waals surface area contributed by atoms with Crippen LogP contribution in [0, 0.1) is 0 Å². The van der Waals surface area contributed by atoms with Crippen LogP contribution in [-0.2, 0) is 14.8 Å². The van der Waals surface area contributed by atoms with E-state index in [-0.39, 0.29) is 30.0 Å². The number of anilines is 2. The minimum Gasteiger partial charge on any atom is -0.383 e. The van der Waals surface area contributed by atoms with Crippen LogP contribution in [0.2, 0.25) is 0 Å². The Morgan fingerprint density at radius 1 is 1.14 bits per heavy atom. The molecule has 3 N–H and O–H groups in total. The van der Waals surface area contributed by atoms with Gasteiger partial charge in [0.1, 0.15) is 0 Å². The predicted octanol–water partition coefficient (Wildman–Crippen LogP) is 1.39. The second-order valence-electron chi connectivity index (χ2n) is 6.30. The number of amides is 3. The lowest BCUT2D eigenvalue weighted by molar-refractivity contribution is 0.102. The summed E-state index contributed by atoms with van der Waals surface area (Å²) in [7, 11) is -2.17. The fourth-order valence-electron chi connectivity index (χ4n) is 2.79. The first-order chi connectivity index (χ1) is 13.9. The Kier molecular flexibility index (Phi) is 6.47. The van der Waals surface area contributed by atoms with Gasteiger partial charge in [0.2, 0.25) is 10.0 Å². The van der Waals surface area contributed by atoms with Crippen LogP contribution in [0.3, 0.4) is 0 Å². The molecule has 3 amide bonds. The molecule has 0 aromatic heterocycles. The van der Waals surface area contributed by atoms with E-state index in [9.17, 15) is 18.0 Å². The molecule has 1 saturated heterocycles. The molecule has 10 heteroatoms. The van der Waals surface area contributed by atoms with Crippen molar-refractivity contribution in [1.29, 1.82) is 0 Å². The topological polar surface area (TPSA) is 117 Å². The van der Waals surface area contributed by atoms with Crippen molar-refractivity contribution in [1.82, 2.24) is 10.0 Å². The van der Waals surface area contributed by atoms with E-state index in [1.165, 1.54) is 31.4 Å². The van der Waals surface area contributed by atoms with Crippen LogP contribution in [-0.4, -0.2) is 53.7 Å². The van der Waals surface area contributed by atoms with Crippen molar-refractivity contribution in [3.05, 3.63) is 54.1 Å². The largest absolute Gasteiger partial charge is 0.383 e. The third kappa shape index (κ3) is 5.11. The first-order valence-corrected chi connectivity index (χ1v) is 10.4. The summed E-state index contributed by atoms with van der Waals surface area (Å²) in [5, 5.41) is 5.48. The van der Waals surface area contributed by atoms with Gasteiger partial charge in [-0.3, -0.25) is 9.69 Å². The lowest BCUT2D eigenvalue weighted by atomic mass is 10.2. The van der Waals surface area contributed by atoms with E-state index >= 15 is 0 Å². The highest BCUT2D eigenvalue weighted by Crippen LogP contribution is 2.20. The number of rotatable bonds is 8. The zero-order chi connectivity index (χ0) is 20.9. The van der Waals surface area contributed by atoms with Crippen LogP contribution in [0.1, 0.15) is 10.4 Å². The average Bonchev–Trinajstić information content (AvgIpc) is 3.14. The van der Waals surface area contributed by atoms with Crippen molar-refractivity contribution in [3.8, 4) is 0 Å². The van der Waals surface area contributed by atoms with Crippen molar-refractivity contribution < 1.29 is 22.7 Å². The normalized spacial score (nSPS) is 14.0. The van der Waals surface area contributed by atoms with Crippen molar-refractivity contribution in [3.63, 3.8) is 0 Å². The van der Waals surface area contributed by atoms with E-state index in [0.29, 0.717) is 24.3 Å². The van der Waals surface area contributed by atoms with E-state index in [1.807, 2.05) is 0 Å². The van der Waals surface area contributed by atoms with E-state index in [0.717, 1.165) is 5.69 Å². The molecule has 0 atom stereocenters. The number of nitrogens with one attached hydrogen (secondary N) is 3. The van der Waals surface area contributed by atoms with Gasteiger partial charge < -0.3 is 15.4 Å². The number of carbonyl (C=O) groups is 2. The van der Waals surface area contributed by atoms with Crippen LogP contribution in [0.25, 0.3) is 0 Å². The fourth-order valence-corrected chi connectivity index (χ4v) is 3.81. The highest BCUT2D eigenvalue weighted by atomic mass is 32.2. The molecule has 1 fully saturated rings. The number of benzene rings is 2. The summed E-state index contributed by atoms with van der Waals surface area (Å²) in [6.45, 7) is 1.63. The number of methoxy groups -OCH3 is 1. The van der Waals surface area contributed by atoms with Gasteiger partial charge in [0, 0.05) is 43.7 Å². The van der Waals surface area contributed by atoms with Crippen molar-refractivity contribution in [2.75, 3.05) is 43.6 Å². The van der Waals surface area contributed by atoms with E-state index < -0.39 is 10.0 Å². The molecule has 1 heterocycles. The quantitative estimate of drug-likeness (QED) is 0.560. The number of ether oxygens (including phenoxy) is 1. The zero-order valence-corrected chi connectivity index (χ0v) is 16.7. The standard InChI is InChI=1S/C19H22N4O5S/c1-28-13-11-21-29(26,27)17-8-2-14(3-9-17)18(24)22-15-4-6-16(7-5-15)23-12-10-20-19(23)25/h2-9,21H,10-13H2,1H3,(H,20,25)(H,22,24). The summed E-state index contributed by atoms with van der Waals surface area (Å²) < 4.78 is 31.5. The number of urea groups is 1. The summed E-state index contributed by atoms with van der Waals surface area (Å²) in [4.78, 5) is 25.8. The van der Waals surface area contributed by atoms with E-state index in [1.54, 1.807) is 29.2 Å². The fraction of sp³-hybridized carbons (Fsp3) is 0.263. The highest BCUT2D eigenvalue weighted by Gasteiger charge is 2.21. The molecule has 1 aliphatic rings. The second-order valence-corrected chi connectivity index (χ2v) is 8.07. The summed E-state index contributed by atoms with van der Waals surface area (Å²) in [5.41, 5.74) is 1.63. The third-order valence-electron chi connectivity index (χ3n) is 4.32. The Balaban J connectivity index is 1.63. The first-order valence-electron chi connectivity index (χ1n) is 8.96. The third-order valence-corrected chi connectivity index (χ3v) is 5.80. The lowest BCUT2D eigenvalue weighted by Crippen LogP contribution is -2.27. The molecule has 0 aliphatic carbocycles. The molecule has 154 valence electrons. The number of nitrogens with zero attached hydrogens (tertiary/aromatic N) is 1. The van der Waals surface area contributed by atoms with Crippen molar-refractivity contribution in [2.24, 2.45) is 0 Å².